The summed E-state index contributed by atoms with van der Waals surface area (Å²) in [6.45, 7) is 0. The minimum absolute atomic E-state index is 0.262. The SMILES string of the molecule is O=C(NO)c1ccc(C#CC2(NC(=O)c3cc4ccccc4o3)CCCCCC2)cc1. The Kier molecular flexibility index (Phi) is 6.06. The molecule has 2 amide bonds. The molecular formula is C25H24N2O4. The highest BCUT2D eigenvalue weighted by Crippen LogP contribution is 2.28. The number of benzene rings is 2. The van der Waals surface area contributed by atoms with Crippen molar-refractivity contribution in [2.24, 2.45) is 0 Å². The highest BCUT2D eigenvalue weighted by atomic mass is 16.5. The molecule has 0 spiro atoms. The van der Waals surface area contributed by atoms with Crippen molar-refractivity contribution in [1.82, 2.24) is 10.8 Å². The summed E-state index contributed by atoms with van der Waals surface area (Å²) in [6, 6.07) is 15.9. The molecule has 0 unspecified atom stereocenters. The Labute approximate surface area is 180 Å². The summed E-state index contributed by atoms with van der Waals surface area (Å²) in [4.78, 5) is 24.5. The van der Waals surface area contributed by atoms with E-state index in [2.05, 4.69) is 17.2 Å². The fourth-order valence-corrected chi connectivity index (χ4v) is 3.95. The third-order valence-electron chi connectivity index (χ3n) is 5.65. The summed E-state index contributed by atoms with van der Waals surface area (Å²) in [5, 5.41) is 12.8. The second-order valence-electron chi connectivity index (χ2n) is 7.87. The number of hydrogen-bond donors (Lipinski definition) is 3. The van der Waals surface area contributed by atoms with Crippen LogP contribution in [-0.2, 0) is 0 Å². The van der Waals surface area contributed by atoms with Gasteiger partial charge in [-0.15, -0.1) is 0 Å². The standard InChI is InChI=1S/C25H24N2O4/c28-23(27-30)19-11-9-18(10-12-19)13-16-25(14-5-1-2-6-15-25)26-24(29)22-17-20-7-3-4-8-21(20)31-22/h3-4,7-12,17,30H,1-2,5-6,14-15H2,(H,26,29)(H,27,28). The highest BCUT2D eigenvalue weighted by Gasteiger charge is 2.32. The Hall–Kier alpha value is -3.56. The summed E-state index contributed by atoms with van der Waals surface area (Å²) < 4.78 is 5.74. The Bertz CT molecular complexity index is 1110. The smallest absolute Gasteiger partial charge is 0.288 e. The van der Waals surface area contributed by atoms with Crippen molar-refractivity contribution in [3.8, 4) is 11.8 Å². The van der Waals surface area contributed by atoms with E-state index in [9.17, 15) is 9.59 Å². The third-order valence-corrected chi connectivity index (χ3v) is 5.65. The van der Waals surface area contributed by atoms with Crippen LogP contribution in [0.3, 0.4) is 0 Å². The number of para-hydroxylation sites is 1. The number of furan rings is 1. The number of fused-ring (bicyclic) bond motifs is 1. The predicted molar refractivity (Wildman–Crippen MR) is 117 cm³/mol. The summed E-state index contributed by atoms with van der Waals surface area (Å²) >= 11 is 0. The van der Waals surface area contributed by atoms with E-state index in [1.54, 1.807) is 35.8 Å². The molecule has 0 saturated heterocycles. The van der Waals surface area contributed by atoms with Gasteiger partial charge in [0.1, 0.15) is 11.1 Å². The first-order valence-corrected chi connectivity index (χ1v) is 10.5. The third kappa shape index (κ3) is 4.79. The number of hydrogen-bond acceptors (Lipinski definition) is 4. The van der Waals surface area contributed by atoms with Gasteiger partial charge in [-0.1, -0.05) is 55.7 Å². The molecule has 4 rings (SSSR count). The maximum absolute atomic E-state index is 13.0. The molecule has 0 radical (unpaired) electrons. The molecular weight excluding hydrogens is 392 g/mol. The lowest BCUT2D eigenvalue weighted by molar-refractivity contribution is 0.0706. The van der Waals surface area contributed by atoms with Gasteiger partial charge in [0.05, 0.1) is 0 Å². The fraction of sp³-hybridized carbons (Fsp3) is 0.280. The van der Waals surface area contributed by atoms with Crippen LogP contribution in [0, 0.1) is 11.8 Å². The second kappa shape index (κ2) is 9.07. The summed E-state index contributed by atoms with van der Waals surface area (Å²) in [7, 11) is 0. The minimum Gasteiger partial charge on any atom is -0.451 e. The molecule has 158 valence electrons. The molecule has 0 bridgehead atoms. The Morgan fingerprint density at radius 3 is 2.32 bits per heavy atom. The van der Waals surface area contributed by atoms with Gasteiger partial charge in [0.15, 0.2) is 5.76 Å². The molecule has 6 heteroatoms. The average molecular weight is 416 g/mol. The van der Waals surface area contributed by atoms with Crippen molar-refractivity contribution in [2.75, 3.05) is 0 Å². The molecule has 3 aromatic rings. The van der Waals surface area contributed by atoms with Crippen LogP contribution < -0.4 is 10.8 Å². The van der Waals surface area contributed by atoms with Crippen LogP contribution in [0.5, 0.6) is 0 Å². The van der Waals surface area contributed by atoms with Crippen LogP contribution in [0.2, 0.25) is 0 Å². The summed E-state index contributed by atoms with van der Waals surface area (Å²) in [5.74, 6) is 5.93. The number of carbonyl (C=O) groups excluding carboxylic acids is 2. The lowest BCUT2D eigenvalue weighted by Crippen LogP contribution is -2.47. The van der Waals surface area contributed by atoms with Crippen molar-refractivity contribution >= 4 is 22.8 Å². The van der Waals surface area contributed by atoms with Gasteiger partial charge < -0.3 is 9.73 Å². The van der Waals surface area contributed by atoms with E-state index < -0.39 is 11.4 Å². The van der Waals surface area contributed by atoms with Gasteiger partial charge in [0.25, 0.3) is 11.8 Å². The van der Waals surface area contributed by atoms with Gasteiger partial charge in [0, 0.05) is 16.5 Å². The normalized spacial score (nSPS) is 15.4. The zero-order valence-corrected chi connectivity index (χ0v) is 17.1. The van der Waals surface area contributed by atoms with Crippen LogP contribution in [-0.4, -0.2) is 22.6 Å². The van der Waals surface area contributed by atoms with E-state index in [0.29, 0.717) is 11.1 Å². The molecule has 0 aliphatic heterocycles. The first-order valence-electron chi connectivity index (χ1n) is 10.5. The maximum Gasteiger partial charge on any atom is 0.288 e. The summed E-state index contributed by atoms with van der Waals surface area (Å²) in [5.41, 5.74) is 2.74. The van der Waals surface area contributed by atoms with E-state index in [-0.39, 0.29) is 11.7 Å². The van der Waals surface area contributed by atoms with E-state index in [0.717, 1.165) is 49.5 Å². The van der Waals surface area contributed by atoms with E-state index >= 15 is 0 Å². The van der Waals surface area contributed by atoms with Crippen LogP contribution >= 0.6 is 0 Å². The van der Waals surface area contributed by atoms with Crippen molar-refractivity contribution in [3.05, 3.63) is 71.5 Å². The number of amides is 2. The van der Waals surface area contributed by atoms with Gasteiger partial charge in [0.2, 0.25) is 0 Å². The Balaban J connectivity index is 1.59. The first-order chi connectivity index (χ1) is 15.1. The van der Waals surface area contributed by atoms with Crippen molar-refractivity contribution in [3.63, 3.8) is 0 Å². The molecule has 2 aromatic carbocycles. The van der Waals surface area contributed by atoms with Crippen molar-refractivity contribution < 1.29 is 19.2 Å². The molecule has 1 aliphatic rings. The molecule has 1 aliphatic carbocycles. The molecule has 3 N–H and O–H groups in total. The number of carbonyl (C=O) groups is 2. The molecule has 1 saturated carbocycles. The van der Waals surface area contributed by atoms with E-state index in [4.69, 9.17) is 9.62 Å². The highest BCUT2D eigenvalue weighted by molar-refractivity contribution is 5.96. The number of nitrogens with one attached hydrogen (secondary N) is 2. The van der Waals surface area contributed by atoms with Crippen molar-refractivity contribution in [1.29, 1.82) is 0 Å². The molecule has 31 heavy (non-hydrogen) atoms. The Morgan fingerprint density at radius 2 is 1.65 bits per heavy atom. The number of hydroxylamine groups is 1. The van der Waals surface area contributed by atoms with Crippen LogP contribution in [0.1, 0.15) is 65.0 Å². The lowest BCUT2D eigenvalue weighted by Gasteiger charge is -2.28. The molecule has 1 aromatic heterocycles. The fourth-order valence-electron chi connectivity index (χ4n) is 3.95. The lowest BCUT2D eigenvalue weighted by atomic mass is 9.90. The Morgan fingerprint density at radius 1 is 0.935 bits per heavy atom. The zero-order valence-electron chi connectivity index (χ0n) is 17.1. The van der Waals surface area contributed by atoms with Crippen LogP contribution in [0.15, 0.2) is 59.0 Å². The van der Waals surface area contributed by atoms with Gasteiger partial charge >= 0.3 is 0 Å². The zero-order chi connectivity index (χ0) is 21.7. The van der Waals surface area contributed by atoms with E-state index in [1.165, 1.54) is 0 Å². The molecule has 1 fully saturated rings. The topological polar surface area (TPSA) is 91.6 Å². The summed E-state index contributed by atoms with van der Waals surface area (Å²) in [6.07, 6.45) is 5.77. The first kappa shape index (κ1) is 20.7. The van der Waals surface area contributed by atoms with Gasteiger partial charge in [-0.05, 0) is 49.2 Å². The molecule has 1 heterocycles. The van der Waals surface area contributed by atoms with Gasteiger partial charge in [-0.25, -0.2) is 5.48 Å². The maximum atomic E-state index is 13.0. The average Bonchev–Trinajstić information content (AvgIpc) is 3.11. The minimum atomic E-state index is -0.631. The van der Waals surface area contributed by atoms with Crippen LogP contribution in [0.4, 0.5) is 0 Å². The molecule has 0 atom stereocenters. The largest absolute Gasteiger partial charge is 0.451 e. The molecule has 6 nitrogen and oxygen atoms in total. The van der Waals surface area contributed by atoms with Gasteiger partial charge in [-0.3, -0.25) is 14.8 Å². The van der Waals surface area contributed by atoms with Crippen LogP contribution in [0.25, 0.3) is 11.0 Å². The second-order valence-corrected chi connectivity index (χ2v) is 7.87. The quantitative estimate of drug-likeness (QED) is 0.255. The van der Waals surface area contributed by atoms with Crippen molar-refractivity contribution in [2.45, 2.75) is 44.1 Å². The van der Waals surface area contributed by atoms with E-state index in [1.807, 2.05) is 24.3 Å². The predicted octanol–water partition coefficient (Wildman–Crippen LogP) is 4.43. The monoisotopic (exact) mass is 416 g/mol. The van der Waals surface area contributed by atoms with Gasteiger partial charge in [-0.2, -0.15) is 0 Å². The number of rotatable bonds is 3.